The van der Waals surface area contributed by atoms with E-state index in [1.54, 1.807) is 56.3 Å². The van der Waals surface area contributed by atoms with E-state index in [0.29, 0.717) is 22.6 Å². The van der Waals surface area contributed by atoms with Crippen molar-refractivity contribution in [1.29, 1.82) is 5.26 Å². The lowest BCUT2D eigenvalue weighted by atomic mass is 9.84. The number of primary amides is 1. The summed E-state index contributed by atoms with van der Waals surface area (Å²) < 4.78 is 5.89. The fraction of sp³-hybridized carbons (Fsp3) is 0.263. The molecule has 2 atom stereocenters. The summed E-state index contributed by atoms with van der Waals surface area (Å²) in [4.78, 5) is 13.6. The Balaban J connectivity index is 2.21. The van der Waals surface area contributed by atoms with E-state index in [-0.39, 0.29) is 0 Å². The van der Waals surface area contributed by atoms with Gasteiger partial charge in [0.1, 0.15) is 17.5 Å². The van der Waals surface area contributed by atoms with Crippen LogP contribution in [0.5, 0.6) is 5.75 Å². The lowest BCUT2D eigenvalue weighted by Crippen LogP contribution is -2.55. The number of rotatable bonds is 2. The second-order valence-corrected chi connectivity index (χ2v) is 6.50. The van der Waals surface area contributed by atoms with Crippen molar-refractivity contribution in [3.8, 4) is 11.8 Å². The maximum absolute atomic E-state index is 12.3. The van der Waals surface area contributed by atoms with Crippen LogP contribution in [0, 0.1) is 11.3 Å². The Kier molecular flexibility index (Phi) is 4.11. The van der Waals surface area contributed by atoms with Crippen LogP contribution in [0.25, 0.3) is 0 Å². The van der Waals surface area contributed by atoms with E-state index < -0.39 is 23.8 Å². The highest BCUT2D eigenvalue weighted by molar-refractivity contribution is 5.92. The Morgan fingerprint density at radius 1 is 1.28 bits per heavy atom. The van der Waals surface area contributed by atoms with Crippen molar-refractivity contribution in [1.82, 2.24) is 0 Å². The Labute approximate surface area is 146 Å². The number of anilines is 1. The predicted molar refractivity (Wildman–Crippen MR) is 93.1 cm³/mol. The molecule has 0 fully saturated rings. The first kappa shape index (κ1) is 16.8. The zero-order valence-electron chi connectivity index (χ0n) is 14.0. The van der Waals surface area contributed by atoms with Crippen LogP contribution in [0.15, 0.2) is 48.5 Å². The number of fused-ring (bicyclic) bond motifs is 1. The maximum atomic E-state index is 12.3. The average Bonchev–Trinajstić information content (AvgIpc) is 2.59. The summed E-state index contributed by atoms with van der Waals surface area (Å²) in [6.07, 6.45) is -1.04. The van der Waals surface area contributed by atoms with Gasteiger partial charge >= 0.3 is 6.03 Å². The molecule has 128 valence electrons. The highest BCUT2D eigenvalue weighted by atomic mass is 16.5. The molecular weight excluding hydrogens is 318 g/mol. The normalized spacial score (nSPS) is 20.7. The second kappa shape index (κ2) is 6.11. The first-order valence-electron chi connectivity index (χ1n) is 7.90. The van der Waals surface area contributed by atoms with E-state index >= 15 is 0 Å². The fourth-order valence-electron chi connectivity index (χ4n) is 3.13. The molecule has 0 aliphatic carbocycles. The highest BCUT2D eigenvalue weighted by Crippen LogP contribution is 2.44. The summed E-state index contributed by atoms with van der Waals surface area (Å²) in [5, 5.41) is 20.1. The number of hydrogen-bond donors (Lipinski definition) is 2. The Morgan fingerprint density at radius 3 is 2.56 bits per heavy atom. The van der Waals surface area contributed by atoms with Crippen molar-refractivity contribution in [2.45, 2.75) is 31.6 Å². The molecule has 0 saturated heterocycles. The number of hydrogen-bond acceptors (Lipinski definition) is 4. The number of aliphatic hydroxyl groups excluding tert-OH is 1. The molecule has 1 aliphatic rings. The van der Waals surface area contributed by atoms with Crippen molar-refractivity contribution in [3.63, 3.8) is 0 Å². The lowest BCUT2D eigenvalue weighted by molar-refractivity contribution is -0.0571. The van der Waals surface area contributed by atoms with E-state index in [1.807, 2.05) is 6.07 Å². The molecule has 0 bridgehead atoms. The molecule has 2 aromatic carbocycles. The van der Waals surface area contributed by atoms with Crippen LogP contribution in [-0.2, 0) is 0 Å². The average molecular weight is 337 g/mol. The van der Waals surface area contributed by atoms with Crippen molar-refractivity contribution >= 4 is 11.7 Å². The quantitative estimate of drug-likeness (QED) is 0.880. The number of nitrogens with two attached hydrogens (primary N) is 1. The molecule has 0 unspecified atom stereocenters. The maximum Gasteiger partial charge on any atom is 0.319 e. The topological polar surface area (TPSA) is 99.6 Å². The molecule has 6 nitrogen and oxygen atoms in total. The monoisotopic (exact) mass is 337 g/mol. The summed E-state index contributed by atoms with van der Waals surface area (Å²) in [5.41, 5.74) is 6.24. The number of amides is 2. The van der Waals surface area contributed by atoms with Crippen LogP contribution >= 0.6 is 0 Å². The molecule has 6 heteroatoms. The Bertz CT molecular complexity index is 843. The SMILES string of the molecule is CC1(C)Oc2ccc(C#N)cc2[C@@H](N(C(N)=O)c2ccccc2)[C@@H]1O. The molecule has 25 heavy (non-hydrogen) atoms. The van der Waals surface area contributed by atoms with Gasteiger partial charge in [-0.25, -0.2) is 4.79 Å². The summed E-state index contributed by atoms with van der Waals surface area (Å²) in [6.45, 7) is 3.49. The number of aliphatic hydroxyl groups is 1. The largest absolute Gasteiger partial charge is 0.485 e. The van der Waals surface area contributed by atoms with Gasteiger partial charge in [0.25, 0.3) is 0 Å². The number of benzene rings is 2. The van der Waals surface area contributed by atoms with Gasteiger partial charge in [0, 0.05) is 11.3 Å². The molecule has 0 radical (unpaired) electrons. The third-order valence-corrected chi connectivity index (χ3v) is 4.39. The van der Waals surface area contributed by atoms with E-state index in [4.69, 9.17) is 10.5 Å². The smallest absolute Gasteiger partial charge is 0.319 e. The summed E-state index contributed by atoms with van der Waals surface area (Å²) in [6, 6.07) is 14.4. The number of carbonyl (C=O) groups excluding carboxylic acids is 1. The molecule has 1 heterocycles. The van der Waals surface area contributed by atoms with Gasteiger partial charge in [-0.3, -0.25) is 4.90 Å². The minimum atomic E-state index is -1.04. The van der Waals surface area contributed by atoms with Crippen molar-refractivity contribution < 1.29 is 14.6 Å². The molecule has 0 spiro atoms. The fourth-order valence-corrected chi connectivity index (χ4v) is 3.13. The van der Waals surface area contributed by atoms with Crippen LogP contribution in [-0.4, -0.2) is 22.8 Å². The van der Waals surface area contributed by atoms with E-state index in [1.165, 1.54) is 4.90 Å². The number of nitrogens with zero attached hydrogens (tertiary/aromatic N) is 2. The first-order chi connectivity index (χ1) is 11.8. The number of ether oxygens (including phenoxy) is 1. The number of urea groups is 1. The molecule has 2 amide bonds. The molecule has 3 N–H and O–H groups in total. The minimum absolute atomic E-state index is 0.414. The van der Waals surface area contributed by atoms with E-state index in [0.717, 1.165) is 0 Å². The van der Waals surface area contributed by atoms with Gasteiger partial charge in [-0.05, 0) is 44.2 Å². The molecular formula is C19H19N3O3. The van der Waals surface area contributed by atoms with Gasteiger partial charge in [-0.2, -0.15) is 5.26 Å². The molecule has 0 saturated carbocycles. The standard InChI is InChI=1S/C19H19N3O3/c1-19(2)17(23)16(14-10-12(11-20)8-9-15(14)25-19)22(18(21)24)13-6-4-3-5-7-13/h3-10,16-17,23H,1-2H3,(H2,21,24)/t16-,17+/m1/s1. The Hall–Kier alpha value is -3.04. The number of nitriles is 1. The van der Waals surface area contributed by atoms with E-state index in [9.17, 15) is 15.2 Å². The van der Waals surface area contributed by atoms with Crippen LogP contribution in [0.3, 0.4) is 0 Å². The van der Waals surface area contributed by atoms with E-state index in [2.05, 4.69) is 6.07 Å². The van der Waals surface area contributed by atoms with Crippen molar-refractivity contribution in [2.24, 2.45) is 5.73 Å². The summed E-state index contributed by atoms with van der Waals surface area (Å²) in [7, 11) is 0. The third kappa shape index (κ3) is 2.90. The van der Waals surface area contributed by atoms with Crippen LogP contribution in [0.4, 0.5) is 10.5 Å². The highest BCUT2D eigenvalue weighted by Gasteiger charge is 2.47. The van der Waals surface area contributed by atoms with Crippen molar-refractivity contribution in [2.75, 3.05) is 4.90 Å². The Morgan fingerprint density at radius 2 is 1.96 bits per heavy atom. The van der Waals surface area contributed by atoms with Gasteiger partial charge in [0.15, 0.2) is 0 Å². The zero-order chi connectivity index (χ0) is 18.2. The predicted octanol–water partition coefficient (Wildman–Crippen LogP) is 2.72. The van der Waals surface area contributed by atoms with Gasteiger partial charge in [-0.15, -0.1) is 0 Å². The van der Waals surface area contributed by atoms with Crippen molar-refractivity contribution in [3.05, 3.63) is 59.7 Å². The minimum Gasteiger partial charge on any atom is -0.485 e. The molecule has 2 aromatic rings. The molecule has 0 aromatic heterocycles. The first-order valence-corrected chi connectivity index (χ1v) is 7.90. The van der Waals surface area contributed by atoms with Gasteiger partial charge < -0.3 is 15.6 Å². The van der Waals surface area contributed by atoms with Gasteiger partial charge in [0.2, 0.25) is 0 Å². The zero-order valence-corrected chi connectivity index (χ0v) is 14.0. The summed E-state index contributed by atoms with van der Waals surface area (Å²) in [5.74, 6) is 0.515. The van der Waals surface area contributed by atoms with Gasteiger partial charge in [0.05, 0.1) is 17.7 Å². The third-order valence-electron chi connectivity index (χ3n) is 4.39. The van der Waals surface area contributed by atoms with Crippen LogP contribution in [0.2, 0.25) is 0 Å². The van der Waals surface area contributed by atoms with Crippen LogP contribution in [0.1, 0.15) is 31.0 Å². The number of para-hydroxylation sites is 1. The number of carbonyl (C=O) groups is 1. The lowest BCUT2D eigenvalue weighted by Gasteiger charge is -2.45. The van der Waals surface area contributed by atoms with Crippen LogP contribution < -0.4 is 15.4 Å². The second-order valence-electron chi connectivity index (χ2n) is 6.50. The molecule has 1 aliphatic heterocycles. The van der Waals surface area contributed by atoms with Gasteiger partial charge in [-0.1, -0.05) is 18.2 Å². The molecule has 3 rings (SSSR count). The summed E-state index contributed by atoms with van der Waals surface area (Å²) >= 11 is 0.